The summed E-state index contributed by atoms with van der Waals surface area (Å²) in [6.45, 7) is 6.06. The van der Waals surface area contributed by atoms with Crippen molar-refractivity contribution in [1.29, 1.82) is 0 Å². The number of hydrogen-bond donors (Lipinski definition) is 1. The molecule has 1 aromatic rings. The predicted octanol–water partition coefficient (Wildman–Crippen LogP) is 1.54. The summed E-state index contributed by atoms with van der Waals surface area (Å²) in [5.41, 5.74) is 1.11. The van der Waals surface area contributed by atoms with Gasteiger partial charge in [0, 0.05) is 19.3 Å². The van der Waals surface area contributed by atoms with Crippen LogP contribution in [0.25, 0.3) is 0 Å². The van der Waals surface area contributed by atoms with Crippen LogP contribution < -0.4 is 10.2 Å². The highest BCUT2D eigenvalue weighted by molar-refractivity contribution is 5.90. The van der Waals surface area contributed by atoms with E-state index < -0.39 is 0 Å². The highest BCUT2D eigenvalue weighted by Gasteiger charge is 2.20. The summed E-state index contributed by atoms with van der Waals surface area (Å²) in [6.07, 6.45) is 4.94. The van der Waals surface area contributed by atoms with Crippen LogP contribution >= 0.6 is 0 Å². The Morgan fingerprint density at radius 1 is 1.48 bits per heavy atom. The first-order chi connectivity index (χ1) is 10.1. The molecule has 1 N–H and O–H groups in total. The second kappa shape index (κ2) is 7.36. The first kappa shape index (κ1) is 15.7. The number of carbonyl (C=O) groups excluding carboxylic acids is 1. The number of nitrogens with one attached hydrogen (secondary N) is 1. The third kappa shape index (κ3) is 3.91. The molecule has 2 heterocycles. The van der Waals surface area contributed by atoms with E-state index in [-0.39, 0.29) is 5.97 Å². The molecule has 6 nitrogen and oxygen atoms in total. The zero-order chi connectivity index (χ0) is 15.2. The molecule has 0 aliphatic carbocycles. The van der Waals surface area contributed by atoms with Crippen LogP contribution in [-0.2, 0) is 4.74 Å². The molecule has 1 fully saturated rings. The van der Waals surface area contributed by atoms with Crippen molar-refractivity contribution in [1.82, 2.24) is 15.3 Å². The second-order valence-corrected chi connectivity index (χ2v) is 5.34. The monoisotopic (exact) mass is 292 g/mol. The van der Waals surface area contributed by atoms with Crippen LogP contribution in [0.5, 0.6) is 0 Å². The molecule has 0 saturated carbocycles. The van der Waals surface area contributed by atoms with Crippen LogP contribution in [0.2, 0.25) is 0 Å². The summed E-state index contributed by atoms with van der Waals surface area (Å²) in [5, 5.41) is 3.40. The van der Waals surface area contributed by atoms with Crippen molar-refractivity contribution in [2.45, 2.75) is 39.2 Å². The largest absolute Gasteiger partial charge is 0.462 e. The van der Waals surface area contributed by atoms with E-state index in [2.05, 4.69) is 20.2 Å². The Bertz CT molecular complexity index is 485. The van der Waals surface area contributed by atoms with E-state index in [1.54, 1.807) is 13.1 Å². The molecule has 0 aromatic carbocycles. The Morgan fingerprint density at radius 3 is 3.00 bits per heavy atom. The average molecular weight is 292 g/mol. The summed E-state index contributed by atoms with van der Waals surface area (Å²) < 4.78 is 5.00. The Balaban J connectivity index is 2.12. The Morgan fingerprint density at radius 2 is 2.29 bits per heavy atom. The summed E-state index contributed by atoms with van der Waals surface area (Å²) in [5.74, 6) is 0.315. The smallest absolute Gasteiger partial charge is 0.341 e. The summed E-state index contributed by atoms with van der Waals surface area (Å²) in [7, 11) is 2.02. The van der Waals surface area contributed by atoms with Gasteiger partial charge in [-0.3, -0.25) is 0 Å². The zero-order valence-electron chi connectivity index (χ0n) is 13.1. The van der Waals surface area contributed by atoms with Crippen molar-refractivity contribution >= 4 is 11.9 Å². The van der Waals surface area contributed by atoms with Gasteiger partial charge in [0.05, 0.1) is 17.9 Å². The first-order valence-electron chi connectivity index (χ1n) is 7.57. The highest BCUT2D eigenvalue weighted by atomic mass is 16.5. The van der Waals surface area contributed by atoms with Gasteiger partial charge < -0.3 is 15.0 Å². The van der Waals surface area contributed by atoms with Gasteiger partial charge >= 0.3 is 5.97 Å². The molecule has 0 bridgehead atoms. The van der Waals surface area contributed by atoms with Crippen LogP contribution in [0.1, 0.15) is 42.2 Å². The maximum absolute atomic E-state index is 11.8. The third-order valence-corrected chi connectivity index (χ3v) is 3.87. The Kier molecular flexibility index (Phi) is 5.50. The van der Waals surface area contributed by atoms with Gasteiger partial charge in [-0.2, -0.15) is 0 Å². The van der Waals surface area contributed by atoms with Crippen LogP contribution in [0.4, 0.5) is 5.95 Å². The molecular formula is C15H24N4O2. The van der Waals surface area contributed by atoms with E-state index in [1.165, 1.54) is 0 Å². The van der Waals surface area contributed by atoms with Gasteiger partial charge in [-0.15, -0.1) is 0 Å². The van der Waals surface area contributed by atoms with Crippen molar-refractivity contribution in [3.63, 3.8) is 0 Å². The molecule has 0 radical (unpaired) electrons. The third-order valence-electron chi connectivity index (χ3n) is 3.87. The quantitative estimate of drug-likeness (QED) is 0.849. The standard InChI is InChI=1S/C15H24N4O2/c1-4-21-14(20)13-10-17-15(18-11(13)2)19(3)12-6-5-8-16-9-7-12/h10,12,16H,4-9H2,1-3H3. The van der Waals surface area contributed by atoms with Crippen molar-refractivity contribution < 1.29 is 9.53 Å². The fourth-order valence-corrected chi connectivity index (χ4v) is 2.59. The topological polar surface area (TPSA) is 67.3 Å². The van der Waals surface area contributed by atoms with Crippen LogP contribution in [0, 0.1) is 6.92 Å². The molecule has 1 unspecified atom stereocenters. The minimum absolute atomic E-state index is 0.356. The van der Waals surface area contributed by atoms with Crippen LogP contribution in [0.15, 0.2) is 6.20 Å². The van der Waals surface area contributed by atoms with Gasteiger partial charge in [-0.25, -0.2) is 14.8 Å². The van der Waals surface area contributed by atoms with Gasteiger partial charge in [-0.1, -0.05) is 0 Å². The van der Waals surface area contributed by atoms with Crippen molar-refractivity contribution in [3.05, 3.63) is 17.5 Å². The lowest BCUT2D eigenvalue weighted by Crippen LogP contribution is -2.34. The highest BCUT2D eigenvalue weighted by Crippen LogP contribution is 2.18. The summed E-state index contributed by atoms with van der Waals surface area (Å²) in [6, 6.07) is 0.438. The first-order valence-corrected chi connectivity index (χ1v) is 7.57. The average Bonchev–Trinajstić information content (AvgIpc) is 2.75. The number of aromatic nitrogens is 2. The van der Waals surface area contributed by atoms with Crippen molar-refractivity contribution in [3.8, 4) is 0 Å². The van der Waals surface area contributed by atoms with E-state index in [9.17, 15) is 4.79 Å². The van der Waals surface area contributed by atoms with Crippen molar-refractivity contribution in [2.24, 2.45) is 0 Å². The van der Waals surface area contributed by atoms with E-state index in [0.717, 1.165) is 32.4 Å². The number of anilines is 1. The number of esters is 1. The normalized spacial score (nSPS) is 18.9. The second-order valence-electron chi connectivity index (χ2n) is 5.34. The number of rotatable bonds is 4. The van der Waals surface area contributed by atoms with Gasteiger partial charge in [0.2, 0.25) is 5.95 Å². The molecule has 6 heteroatoms. The Labute approximate surface area is 125 Å². The number of nitrogens with zero attached hydrogens (tertiary/aromatic N) is 3. The molecule has 1 atom stereocenters. The van der Waals surface area contributed by atoms with Gasteiger partial charge in [0.25, 0.3) is 0 Å². The molecule has 0 spiro atoms. The molecule has 1 aliphatic rings. The molecule has 0 amide bonds. The van der Waals surface area contributed by atoms with E-state index in [4.69, 9.17) is 4.74 Å². The Hall–Kier alpha value is -1.69. The molecule has 2 rings (SSSR count). The molecule has 116 valence electrons. The lowest BCUT2D eigenvalue weighted by atomic mass is 10.1. The molecule has 21 heavy (non-hydrogen) atoms. The SMILES string of the molecule is CCOC(=O)c1cnc(N(C)C2CCCNCC2)nc1C. The predicted molar refractivity (Wildman–Crippen MR) is 81.6 cm³/mol. The number of aryl methyl sites for hydroxylation is 1. The van der Waals surface area contributed by atoms with Crippen molar-refractivity contribution in [2.75, 3.05) is 31.6 Å². The maximum Gasteiger partial charge on any atom is 0.341 e. The van der Waals surface area contributed by atoms with Gasteiger partial charge in [0.1, 0.15) is 0 Å². The molecule has 1 aromatic heterocycles. The van der Waals surface area contributed by atoms with Crippen LogP contribution in [0.3, 0.4) is 0 Å². The fourth-order valence-electron chi connectivity index (χ4n) is 2.59. The van der Waals surface area contributed by atoms with Gasteiger partial charge in [0.15, 0.2) is 0 Å². The van der Waals surface area contributed by atoms with E-state index in [1.807, 2.05) is 14.0 Å². The molecular weight excluding hydrogens is 268 g/mol. The molecule has 1 aliphatic heterocycles. The fraction of sp³-hybridized carbons (Fsp3) is 0.667. The number of ether oxygens (including phenoxy) is 1. The zero-order valence-corrected chi connectivity index (χ0v) is 13.1. The molecule has 1 saturated heterocycles. The lowest BCUT2D eigenvalue weighted by Gasteiger charge is -2.27. The number of hydrogen-bond acceptors (Lipinski definition) is 6. The van der Waals surface area contributed by atoms with E-state index >= 15 is 0 Å². The van der Waals surface area contributed by atoms with E-state index in [0.29, 0.717) is 29.9 Å². The minimum Gasteiger partial charge on any atom is -0.462 e. The van der Waals surface area contributed by atoms with Crippen LogP contribution in [-0.4, -0.2) is 48.7 Å². The van der Waals surface area contributed by atoms with Gasteiger partial charge in [-0.05, 0) is 46.2 Å². The lowest BCUT2D eigenvalue weighted by molar-refractivity contribution is 0.0524. The maximum atomic E-state index is 11.8. The summed E-state index contributed by atoms with van der Waals surface area (Å²) in [4.78, 5) is 22.7. The summed E-state index contributed by atoms with van der Waals surface area (Å²) >= 11 is 0. The number of carbonyl (C=O) groups is 1. The minimum atomic E-state index is -0.358.